The van der Waals surface area contributed by atoms with Gasteiger partial charge in [0, 0.05) is 16.8 Å². The molecule has 140 valence electrons. The van der Waals surface area contributed by atoms with Crippen molar-refractivity contribution in [1.29, 1.82) is 0 Å². The molecule has 1 unspecified atom stereocenters. The molecule has 7 heteroatoms. The largest absolute Gasteiger partial charge is 0.416 e. The molecule has 3 rings (SSSR count). The van der Waals surface area contributed by atoms with Crippen LogP contribution in [0.2, 0.25) is 0 Å². The summed E-state index contributed by atoms with van der Waals surface area (Å²) in [6, 6.07) is 12.9. The van der Waals surface area contributed by atoms with E-state index >= 15 is 0 Å². The minimum atomic E-state index is -4.43. The molecule has 27 heavy (non-hydrogen) atoms. The topological polar surface area (TPSA) is 51.8 Å². The first kappa shape index (κ1) is 18.8. The highest BCUT2D eigenvalue weighted by Gasteiger charge is 2.30. The van der Waals surface area contributed by atoms with Gasteiger partial charge in [-0.1, -0.05) is 31.2 Å². The van der Waals surface area contributed by atoms with Crippen LogP contribution < -0.4 is 5.73 Å². The third-order valence-electron chi connectivity index (χ3n) is 4.10. The van der Waals surface area contributed by atoms with Crippen LogP contribution in [0.3, 0.4) is 0 Å². The molecule has 0 saturated carbocycles. The van der Waals surface area contributed by atoms with Gasteiger partial charge in [0.05, 0.1) is 17.0 Å². The number of benzene rings is 2. The number of halogens is 4. The van der Waals surface area contributed by atoms with Crippen LogP contribution in [0.1, 0.15) is 30.8 Å². The maximum Gasteiger partial charge on any atom is 0.416 e. The predicted octanol–water partition coefficient (Wildman–Crippen LogP) is 5.83. The van der Waals surface area contributed by atoms with Crippen molar-refractivity contribution in [2.24, 2.45) is 0 Å². The SMILES string of the molecule is CCC(F)c1cc(-c2ccc(N)cc2)nc(-c2ccc(C(F)(F)F)cc2)n1. The van der Waals surface area contributed by atoms with Gasteiger partial charge in [-0.25, -0.2) is 14.4 Å². The fourth-order valence-corrected chi connectivity index (χ4v) is 2.57. The quantitative estimate of drug-likeness (QED) is 0.461. The number of alkyl halides is 4. The molecule has 0 aliphatic rings. The number of nitrogens with two attached hydrogens (primary N) is 1. The van der Waals surface area contributed by atoms with Crippen LogP contribution in [-0.4, -0.2) is 9.97 Å². The Morgan fingerprint density at radius 1 is 0.926 bits per heavy atom. The fourth-order valence-electron chi connectivity index (χ4n) is 2.57. The molecular weight excluding hydrogens is 358 g/mol. The summed E-state index contributed by atoms with van der Waals surface area (Å²) < 4.78 is 52.6. The average Bonchev–Trinajstić information content (AvgIpc) is 2.67. The zero-order valence-electron chi connectivity index (χ0n) is 14.5. The Morgan fingerprint density at radius 2 is 1.52 bits per heavy atom. The molecule has 0 aliphatic heterocycles. The second-order valence-electron chi connectivity index (χ2n) is 6.07. The van der Waals surface area contributed by atoms with Crippen LogP contribution >= 0.6 is 0 Å². The van der Waals surface area contributed by atoms with Crippen molar-refractivity contribution in [3.8, 4) is 22.6 Å². The van der Waals surface area contributed by atoms with E-state index in [9.17, 15) is 17.6 Å². The van der Waals surface area contributed by atoms with E-state index in [1.54, 1.807) is 37.3 Å². The van der Waals surface area contributed by atoms with Gasteiger partial charge in [-0.15, -0.1) is 0 Å². The molecule has 0 spiro atoms. The maximum atomic E-state index is 14.3. The van der Waals surface area contributed by atoms with Crippen LogP contribution in [0, 0.1) is 0 Å². The molecule has 0 radical (unpaired) electrons. The van der Waals surface area contributed by atoms with E-state index in [0.29, 0.717) is 22.5 Å². The number of hydrogen-bond acceptors (Lipinski definition) is 3. The molecule has 2 aromatic carbocycles. The Labute approximate surface area is 153 Å². The van der Waals surface area contributed by atoms with E-state index in [2.05, 4.69) is 9.97 Å². The Hall–Kier alpha value is -2.96. The van der Waals surface area contributed by atoms with E-state index in [1.165, 1.54) is 12.1 Å². The molecule has 0 bridgehead atoms. The summed E-state index contributed by atoms with van der Waals surface area (Å²) >= 11 is 0. The van der Waals surface area contributed by atoms with Crippen molar-refractivity contribution in [2.45, 2.75) is 25.7 Å². The molecule has 1 atom stereocenters. The molecule has 0 aliphatic carbocycles. The number of nitrogen functional groups attached to an aromatic ring is 1. The zero-order chi connectivity index (χ0) is 19.6. The lowest BCUT2D eigenvalue weighted by Gasteiger charge is -2.12. The summed E-state index contributed by atoms with van der Waals surface area (Å²) in [5.41, 5.74) is 7.26. The van der Waals surface area contributed by atoms with Crippen molar-refractivity contribution in [2.75, 3.05) is 5.73 Å². The Morgan fingerprint density at radius 3 is 2.07 bits per heavy atom. The highest BCUT2D eigenvalue weighted by atomic mass is 19.4. The number of aromatic nitrogens is 2. The van der Waals surface area contributed by atoms with Gasteiger partial charge >= 0.3 is 6.18 Å². The molecule has 0 fully saturated rings. The van der Waals surface area contributed by atoms with Crippen molar-refractivity contribution in [3.05, 3.63) is 65.9 Å². The van der Waals surface area contributed by atoms with Gasteiger partial charge in [-0.2, -0.15) is 13.2 Å². The van der Waals surface area contributed by atoms with E-state index < -0.39 is 17.9 Å². The van der Waals surface area contributed by atoms with Gasteiger partial charge in [-0.3, -0.25) is 0 Å². The second kappa shape index (κ2) is 7.34. The smallest absolute Gasteiger partial charge is 0.399 e. The lowest BCUT2D eigenvalue weighted by molar-refractivity contribution is -0.137. The molecule has 1 heterocycles. The van der Waals surface area contributed by atoms with Crippen LogP contribution in [0.15, 0.2) is 54.6 Å². The molecule has 0 saturated heterocycles. The normalized spacial score (nSPS) is 12.8. The zero-order valence-corrected chi connectivity index (χ0v) is 14.5. The van der Waals surface area contributed by atoms with Crippen LogP contribution in [-0.2, 0) is 6.18 Å². The van der Waals surface area contributed by atoms with Gasteiger partial charge in [0.2, 0.25) is 0 Å². The van der Waals surface area contributed by atoms with Crippen LogP contribution in [0.4, 0.5) is 23.2 Å². The van der Waals surface area contributed by atoms with Gasteiger partial charge in [-0.05, 0) is 36.8 Å². The number of rotatable bonds is 4. The Kier molecular flexibility index (Phi) is 5.12. The highest BCUT2D eigenvalue weighted by molar-refractivity contribution is 5.66. The summed E-state index contributed by atoms with van der Waals surface area (Å²) in [7, 11) is 0. The molecule has 2 N–H and O–H groups in total. The Bertz CT molecular complexity index is 919. The molecular formula is C20H17F4N3. The summed E-state index contributed by atoms with van der Waals surface area (Å²) in [5, 5.41) is 0. The lowest BCUT2D eigenvalue weighted by atomic mass is 10.1. The standard InChI is InChI=1S/C20H17F4N3/c1-2-16(21)18-11-17(12-5-9-15(25)10-6-12)26-19(27-18)13-3-7-14(8-4-13)20(22,23)24/h3-11,16H,2,25H2,1H3. The minimum Gasteiger partial charge on any atom is -0.399 e. The molecule has 1 aromatic heterocycles. The summed E-state index contributed by atoms with van der Waals surface area (Å²) in [6.45, 7) is 1.69. The van der Waals surface area contributed by atoms with E-state index in [1.807, 2.05) is 0 Å². The molecule has 3 aromatic rings. The van der Waals surface area contributed by atoms with Crippen molar-refractivity contribution < 1.29 is 17.6 Å². The van der Waals surface area contributed by atoms with Gasteiger partial charge in [0.1, 0.15) is 6.17 Å². The predicted molar refractivity (Wildman–Crippen MR) is 96.5 cm³/mol. The first-order valence-corrected chi connectivity index (χ1v) is 8.34. The summed E-state index contributed by atoms with van der Waals surface area (Å²) in [4.78, 5) is 8.63. The van der Waals surface area contributed by atoms with Crippen molar-refractivity contribution >= 4 is 5.69 Å². The third kappa shape index (κ3) is 4.24. The van der Waals surface area contributed by atoms with E-state index in [4.69, 9.17) is 5.73 Å². The minimum absolute atomic E-state index is 0.171. The maximum absolute atomic E-state index is 14.3. The monoisotopic (exact) mass is 375 g/mol. The number of nitrogens with zero attached hydrogens (tertiary/aromatic N) is 2. The Balaban J connectivity index is 2.09. The lowest BCUT2D eigenvalue weighted by Crippen LogP contribution is -2.05. The number of hydrogen-bond donors (Lipinski definition) is 1. The van der Waals surface area contributed by atoms with Crippen molar-refractivity contribution in [3.63, 3.8) is 0 Å². The highest BCUT2D eigenvalue weighted by Crippen LogP contribution is 2.32. The fraction of sp³-hybridized carbons (Fsp3) is 0.200. The van der Waals surface area contributed by atoms with Gasteiger partial charge < -0.3 is 5.73 Å². The van der Waals surface area contributed by atoms with Crippen LogP contribution in [0.25, 0.3) is 22.6 Å². The van der Waals surface area contributed by atoms with Gasteiger partial charge in [0.15, 0.2) is 5.82 Å². The third-order valence-corrected chi connectivity index (χ3v) is 4.10. The second-order valence-corrected chi connectivity index (χ2v) is 6.07. The molecule has 0 amide bonds. The summed E-state index contributed by atoms with van der Waals surface area (Å²) in [6.07, 6.45) is -5.50. The summed E-state index contributed by atoms with van der Waals surface area (Å²) in [5.74, 6) is 0.171. The first-order valence-electron chi connectivity index (χ1n) is 8.34. The first-order chi connectivity index (χ1) is 12.8. The number of anilines is 1. The van der Waals surface area contributed by atoms with E-state index in [0.717, 1.165) is 12.1 Å². The van der Waals surface area contributed by atoms with Crippen molar-refractivity contribution in [1.82, 2.24) is 9.97 Å². The molecule has 3 nitrogen and oxygen atoms in total. The van der Waals surface area contributed by atoms with E-state index in [-0.39, 0.29) is 17.9 Å². The van der Waals surface area contributed by atoms with Crippen LogP contribution in [0.5, 0.6) is 0 Å². The average molecular weight is 375 g/mol. The van der Waals surface area contributed by atoms with Gasteiger partial charge in [0.25, 0.3) is 0 Å².